The number of aliphatic imine (C=N–C) groups is 1. The van der Waals surface area contributed by atoms with Gasteiger partial charge in [0.2, 0.25) is 5.91 Å². The van der Waals surface area contributed by atoms with E-state index in [1.807, 2.05) is 48.5 Å². The molecule has 0 aliphatic carbocycles. The van der Waals surface area contributed by atoms with Gasteiger partial charge in [0.1, 0.15) is 12.1 Å². The zero-order chi connectivity index (χ0) is 29.4. The molecule has 3 heterocycles. The first-order chi connectivity index (χ1) is 20.1. The third-order valence-electron chi connectivity index (χ3n) is 6.53. The molecule has 2 aromatic heterocycles. The molecule has 0 saturated carbocycles. The van der Waals surface area contributed by atoms with Gasteiger partial charge in [-0.05, 0) is 72.1 Å². The Bertz CT molecular complexity index is 1820. The minimum atomic E-state index is -4.75. The Morgan fingerprint density at radius 2 is 1.79 bits per heavy atom. The molecule has 5 aromatic rings. The highest BCUT2D eigenvalue weighted by atomic mass is 32.2. The fourth-order valence-electron chi connectivity index (χ4n) is 4.60. The normalized spacial score (nSPS) is 14.9. The Balaban J connectivity index is 1.24. The van der Waals surface area contributed by atoms with E-state index < -0.39 is 6.36 Å². The van der Waals surface area contributed by atoms with Crippen LogP contribution in [0.1, 0.15) is 25.3 Å². The largest absolute Gasteiger partial charge is 0.573 e. The number of pyridine rings is 1. The number of rotatable bonds is 6. The molecule has 6 rings (SSSR count). The number of alkyl halides is 3. The molecule has 0 spiro atoms. The molecular formula is C30H23F3N6O2S. The molecule has 1 aliphatic rings. The SMILES string of the molecule is CC(C)c1ccccc1N1C(=O)CS/C1=N\c1ccc2cc(-c3ncn(-c4ccc(OC(F)(F)F)cc4)n3)ccc2n1. The van der Waals surface area contributed by atoms with Gasteiger partial charge in [-0.25, -0.2) is 19.6 Å². The van der Waals surface area contributed by atoms with Gasteiger partial charge in [-0.2, -0.15) is 0 Å². The predicted molar refractivity (Wildman–Crippen MR) is 156 cm³/mol. The fourth-order valence-corrected chi connectivity index (χ4v) is 5.46. The standard InChI is InChI=1S/C30H23F3N6O2S/c1-18(2)23-5-3-4-6-25(23)39-27(40)16-42-29(39)36-26-14-8-19-15-20(7-13-24(19)35-26)28-34-17-38(37-28)21-9-11-22(12-10-21)41-30(31,32)33/h3-15,17-18H,16H2,1-2H3/b36-29-. The monoisotopic (exact) mass is 588 g/mol. The van der Waals surface area contributed by atoms with Crippen molar-refractivity contribution in [3.05, 3.63) is 90.8 Å². The summed E-state index contributed by atoms with van der Waals surface area (Å²) in [5.74, 6) is 1.15. The number of carbonyl (C=O) groups is 1. The van der Waals surface area contributed by atoms with Crippen molar-refractivity contribution >= 4 is 45.2 Å². The topological polar surface area (TPSA) is 85.5 Å². The van der Waals surface area contributed by atoms with Crippen LogP contribution in [0.4, 0.5) is 24.7 Å². The highest BCUT2D eigenvalue weighted by molar-refractivity contribution is 8.15. The molecule has 1 fully saturated rings. The second-order valence-electron chi connectivity index (χ2n) is 9.76. The van der Waals surface area contributed by atoms with E-state index in [9.17, 15) is 18.0 Å². The number of halogens is 3. The Kier molecular flexibility index (Phi) is 7.15. The van der Waals surface area contributed by atoms with Crippen molar-refractivity contribution in [2.75, 3.05) is 10.7 Å². The van der Waals surface area contributed by atoms with Gasteiger partial charge in [-0.3, -0.25) is 9.69 Å². The van der Waals surface area contributed by atoms with Crippen LogP contribution in [0.5, 0.6) is 5.75 Å². The Morgan fingerprint density at radius 1 is 1.00 bits per heavy atom. The molecular weight excluding hydrogens is 565 g/mol. The molecule has 0 bridgehead atoms. The number of anilines is 1. The molecule has 212 valence electrons. The molecule has 8 nitrogen and oxygen atoms in total. The number of para-hydroxylation sites is 1. The van der Waals surface area contributed by atoms with E-state index in [1.165, 1.54) is 47.0 Å². The molecule has 3 aromatic carbocycles. The summed E-state index contributed by atoms with van der Waals surface area (Å²) in [6.45, 7) is 4.19. The van der Waals surface area contributed by atoms with Crippen LogP contribution in [-0.2, 0) is 4.79 Å². The average Bonchev–Trinajstić information content (AvgIpc) is 3.59. The summed E-state index contributed by atoms with van der Waals surface area (Å²) in [4.78, 5) is 28.3. The van der Waals surface area contributed by atoms with E-state index in [4.69, 9.17) is 9.98 Å². The quantitative estimate of drug-likeness (QED) is 0.207. The number of amides is 1. The predicted octanol–water partition coefficient (Wildman–Crippen LogP) is 7.27. The highest BCUT2D eigenvalue weighted by Crippen LogP contribution is 2.34. The van der Waals surface area contributed by atoms with Crippen LogP contribution in [0.3, 0.4) is 0 Å². The summed E-state index contributed by atoms with van der Waals surface area (Å²) < 4.78 is 42.7. The van der Waals surface area contributed by atoms with Crippen LogP contribution in [-0.4, -0.2) is 42.9 Å². The van der Waals surface area contributed by atoms with Crippen LogP contribution < -0.4 is 9.64 Å². The number of fused-ring (bicyclic) bond motifs is 1. The molecule has 42 heavy (non-hydrogen) atoms. The number of thioether (sulfide) groups is 1. The molecule has 0 radical (unpaired) electrons. The van der Waals surface area contributed by atoms with Gasteiger partial charge in [0, 0.05) is 10.9 Å². The first-order valence-electron chi connectivity index (χ1n) is 13.0. The molecule has 1 amide bonds. The van der Waals surface area contributed by atoms with Crippen LogP contribution >= 0.6 is 11.8 Å². The van der Waals surface area contributed by atoms with Gasteiger partial charge >= 0.3 is 6.36 Å². The van der Waals surface area contributed by atoms with Crippen molar-refractivity contribution in [1.29, 1.82) is 0 Å². The smallest absolute Gasteiger partial charge is 0.406 e. The van der Waals surface area contributed by atoms with Crippen molar-refractivity contribution < 1.29 is 22.7 Å². The number of aromatic nitrogens is 4. The maximum absolute atomic E-state index is 12.8. The summed E-state index contributed by atoms with van der Waals surface area (Å²) >= 11 is 1.39. The summed E-state index contributed by atoms with van der Waals surface area (Å²) in [6.07, 6.45) is -3.27. The summed E-state index contributed by atoms with van der Waals surface area (Å²) in [6, 6.07) is 22.5. The van der Waals surface area contributed by atoms with Crippen LogP contribution in [0.25, 0.3) is 28.0 Å². The summed E-state index contributed by atoms with van der Waals surface area (Å²) in [7, 11) is 0. The van der Waals surface area contributed by atoms with Crippen molar-refractivity contribution in [2.24, 2.45) is 4.99 Å². The van der Waals surface area contributed by atoms with Crippen molar-refractivity contribution in [3.63, 3.8) is 0 Å². The number of carbonyl (C=O) groups excluding carboxylic acids is 1. The zero-order valence-corrected chi connectivity index (χ0v) is 23.2. The lowest BCUT2D eigenvalue weighted by molar-refractivity contribution is -0.274. The molecule has 1 aliphatic heterocycles. The molecule has 0 unspecified atom stereocenters. The lowest BCUT2D eigenvalue weighted by Crippen LogP contribution is -2.30. The van der Waals surface area contributed by atoms with Gasteiger partial charge in [0.05, 0.1) is 22.6 Å². The number of nitrogens with zero attached hydrogens (tertiary/aromatic N) is 6. The number of amidine groups is 1. The lowest BCUT2D eigenvalue weighted by Gasteiger charge is -2.21. The number of hydrogen-bond acceptors (Lipinski definition) is 7. The molecule has 1 saturated heterocycles. The highest BCUT2D eigenvalue weighted by Gasteiger charge is 2.32. The van der Waals surface area contributed by atoms with E-state index in [-0.39, 0.29) is 17.6 Å². The van der Waals surface area contributed by atoms with Gasteiger partial charge < -0.3 is 4.74 Å². The number of ether oxygens (including phenoxy) is 1. The van der Waals surface area contributed by atoms with Crippen molar-refractivity contribution in [1.82, 2.24) is 19.7 Å². The maximum Gasteiger partial charge on any atom is 0.573 e. The van der Waals surface area contributed by atoms with E-state index in [0.717, 1.165) is 22.2 Å². The summed E-state index contributed by atoms with van der Waals surface area (Å²) in [5, 5.41) is 5.90. The van der Waals surface area contributed by atoms with Gasteiger partial charge in [-0.15, -0.1) is 18.3 Å². The van der Waals surface area contributed by atoms with Crippen LogP contribution in [0, 0.1) is 0 Å². The van der Waals surface area contributed by atoms with E-state index >= 15 is 0 Å². The number of hydrogen-bond donors (Lipinski definition) is 0. The first-order valence-corrected chi connectivity index (χ1v) is 14.0. The van der Waals surface area contributed by atoms with Crippen molar-refractivity contribution in [2.45, 2.75) is 26.1 Å². The lowest BCUT2D eigenvalue weighted by atomic mass is 10.0. The third-order valence-corrected chi connectivity index (χ3v) is 7.46. The second kappa shape index (κ2) is 10.9. The van der Waals surface area contributed by atoms with E-state index in [1.54, 1.807) is 11.0 Å². The fraction of sp³-hybridized carbons (Fsp3) is 0.167. The molecule has 0 N–H and O–H groups in total. The van der Waals surface area contributed by atoms with Crippen LogP contribution in [0.15, 0.2) is 90.2 Å². The Morgan fingerprint density at radius 3 is 2.55 bits per heavy atom. The Hall–Kier alpha value is -4.71. The molecule has 0 atom stereocenters. The zero-order valence-electron chi connectivity index (χ0n) is 22.4. The maximum atomic E-state index is 12.8. The number of benzene rings is 3. The first kappa shape index (κ1) is 27.5. The van der Waals surface area contributed by atoms with Gasteiger partial charge in [-0.1, -0.05) is 43.8 Å². The minimum Gasteiger partial charge on any atom is -0.406 e. The Labute approximate surface area is 242 Å². The van der Waals surface area contributed by atoms with Crippen molar-refractivity contribution in [3.8, 4) is 22.8 Å². The van der Waals surface area contributed by atoms with Gasteiger partial charge in [0.25, 0.3) is 0 Å². The summed E-state index contributed by atoms with van der Waals surface area (Å²) in [5.41, 5.74) is 3.90. The minimum absolute atomic E-state index is 0.0187. The third kappa shape index (κ3) is 5.70. The average molecular weight is 589 g/mol. The van der Waals surface area contributed by atoms with Crippen LogP contribution in [0.2, 0.25) is 0 Å². The second-order valence-corrected chi connectivity index (χ2v) is 10.7. The molecule has 12 heteroatoms. The van der Waals surface area contributed by atoms with Gasteiger partial charge in [0.15, 0.2) is 16.8 Å². The van der Waals surface area contributed by atoms with E-state index in [0.29, 0.717) is 33.8 Å². The van der Waals surface area contributed by atoms with E-state index in [2.05, 4.69) is 28.7 Å².